The van der Waals surface area contributed by atoms with Gasteiger partial charge in [-0.1, -0.05) is 6.92 Å². The Balaban J connectivity index is 2.30. The lowest BCUT2D eigenvalue weighted by Gasteiger charge is -2.30. The van der Waals surface area contributed by atoms with Crippen LogP contribution in [0.5, 0.6) is 0 Å². The van der Waals surface area contributed by atoms with Crippen molar-refractivity contribution >= 4 is 23.2 Å². The molecule has 0 spiro atoms. The van der Waals surface area contributed by atoms with Crippen molar-refractivity contribution in [2.24, 2.45) is 0 Å². The van der Waals surface area contributed by atoms with E-state index in [0.717, 1.165) is 17.7 Å². The van der Waals surface area contributed by atoms with E-state index in [2.05, 4.69) is 6.92 Å². The normalized spacial score (nSPS) is 22.8. The van der Waals surface area contributed by atoms with Crippen LogP contribution in [0.2, 0.25) is 0 Å². The van der Waals surface area contributed by atoms with Crippen LogP contribution in [0.3, 0.4) is 0 Å². The highest BCUT2D eigenvalue weighted by Crippen LogP contribution is 2.33. The summed E-state index contributed by atoms with van der Waals surface area (Å²) >= 11 is 1.46. The summed E-state index contributed by atoms with van der Waals surface area (Å²) in [6, 6.07) is 1.91. The number of thiophene rings is 1. The Bertz CT molecular complexity index is 523. The summed E-state index contributed by atoms with van der Waals surface area (Å²) in [6.07, 6.45) is 2.17. The molecule has 5 heteroatoms. The van der Waals surface area contributed by atoms with Gasteiger partial charge in [0.1, 0.15) is 5.54 Å². The Morgan fingerprint density at radius 1 is 1.53 bits per heavy atom. The summed E-state index contributed by atoms with van der Waals surface area (Å²) in [5.41, 5.74) is 0.117. The quantitative estimate of drug-likeness (QED) is 0.926. The van der Waals surface area contributed by atoms with E-state index in [0.29, 0.717) is 17.8 Å². The first-order chi connectivity index (χ1) is 8.90. The molecule has 1 aromatic heterocycles. The van der Waals surface area contributed by atoms with Crippen LogP contribution in [0.25, 0.3) is 0 Å². The van der Waals surface area contributed by atoms with Gasteiger partial charge in [-0.05, 0) is 44.7 Å². The highest BCUT2D eigenvalue weighted by atomic mass is 32.1. The van der Waals surface area contributed by atoms with Gasteiger partial charge < -0.3 is 10.0 Å². The first-order valence-corrected chi connectivity index (χ1v) is 7.36. The molecule has 2 rings (SSSR count). The molecule has 0 aliphatic carbocycles. The number of carboxylic acid groups (broad SMARTS) is 1. The molecule has 0 radical (unpaired) electrons. The largest absolute Gasteiger partial charge is 0.480 e. The zero-order valence-electron chi connectivity index (χ0n) is 11.5. The highest BCUT2D eigenvalue weighted by Gasteiger charge is 2.46. The summed E-state index contributed by atoms with van der Waals surface area (Å²) in [5, 5.41) is 9.35. The van der Waals surface area contributed by atoms with Crippen molar-refractivity contribution in [3.63, 3.8) is 0 Å². The summed E-state index contributed by atoms with van der Waals surface area (Å²) in [5.74, 6) is -1.06. The molecule has 0 saturated carbocycles. The van der Waals surface area contributed by atoms with Crippen molar-refractivity contribution in [2.45, 2.75) is 45.6 Å². The number of rotatable bonds is 3. The van der Waals surface area contributed by atoms with Gasteiger partial charge in [-0.2, -0.15) is 0 Å². The van der Waals surface area contributed by atoms with E-state index < -0.39 is 11.5 Å². The molecule has 1 aliphatic rings. The van der Waals surface area contributed by atoms with Gasteiger partial charge in [-0.25, -0.2) is 4.79 Å². The maximum atomic E-state index is 12.5. The molecule has 19 heavy (non-hydrogen) atoms. The maximum absolute atomic E-state index is 12.5. The summed E-state index contributed by atoms with van der Waals surface area (Å²) < 4.78 is 0. The molecule has 0 bridgehead atoms. The molecule has 0 aromatic carbocycles. The van der Waals surface area contributed by atoms with Crippen molar-refractivity contribution in [1.29, 1.82) is 0 Å². The van der Waals surface area contributed by atoms with E-state index in [-0.39, 0.29) is 5.91 Å². The lowest BCUT2D eigenvalue weighted by Crippen LogP contribution is -2.50. The first kappa shape index (κ1) is 14.1. The van der Waals surface area contributed by atoms with Crippen molar-refractivity contribution in [1.82, 2.24) is 4.90 Å². The van der Waals surface area contributed by atoms with Crippen LogP contribution >= 0.6 is 11.3 Å². The number of likely N-dealkylation sites (tertiary alicyclic amines) is 1. The molecule has 2 heterocycles. The molecule has 4 nitrogen and oxygen atoms in total. The second-order valence-electron chi connectivity index (χ2n) is 5.18. The molecular weight excluding hydrogens is 262 g/mol. The average Bonchev–Trinajstić information content (AvgIpc) is 2.92. The van der Waals surface area contributed by atoms with E-state index in [1.54, 1.807) is 6.92 Å². The molecule has 1 unspecified atom stereocenters. The monoisotopic (exact) mass is 281 g/mol. The predicted molar refractivity (Wildman–Crippen MR) is 74.7 cm³/mol. The fourth-order valence-electron chi connectivity index (χ4n) is 2.62. The lowest BCUT2D eigenvalue weighted by atomic mass is 9.99. The number of carbonyl (C=O) groups excluding carboxylic acids is 1. The minimum absolute atomic E-state index is 0.143. The van der Waals surface area contributed by atoms with E-state index in [1.807, 2.05) is 13.0 Å². The Morgan fingerprint density at radius 2 is 2.21 bits per heavy atom. The average molecular weight is 281 g/mol. The van der Waals surface area contributed by atoms with Gasteiger partial charge in [0.15, 0.2) is 0 Å². The number of carbonyl (C=O) groups is 2. The lowest BCUT2D eigenvalue weighted by molar-refractivity contribution is -0.147. The van der Waals surface area contributed by atoms with E-state index in [9.17, 15) is 14.7 Å². The van der Waals surface area contributed by atoms with E-state index >= 15 is 0 Å². The summed E-state index contributed by atoms with van der Waals surface area (Å²) in [7, 11) is 0. The molecule has 1 amide bonds. The van der Waals surface area contributed by atoms with Gasteiger partial charge in [-0.15, -0.1) is 11.3 Å². The van der Waals surface area contributed by atoms with Crippen LogP contribution in [0.4, 0.5) is 0 Å². The van der Waals surface area contributed by atoms with Gasteiger partial charge in [0.25, 0.3) is 5.91 Å². The molecule has 1 atom stereocenters. The number of aliphatic carboxylic acids is 1. The van der Waals surface area contributed by atoms with Crippen molar-refractivity contribution < 1.29 is 14.7 Å². The maximum Gasteiger partial charge on any atom is 0.329 e. The zero-order valence-corrected chi connectivity index (χ0v) is 12.3. The minimum atomic E-state index is -1.05. The summed E-state index contributed by atoms with van der Waals surface area (Å²) in [6.45, 7) is 6.22. The number of aryl methyl sites for hydroxylation is 2. The third kappa shape index (κ3) is 2.27. The Labute approximate surface area is 117 Å². The van der Waals surface area contributed by atoms with E-state index in [1.165, 1.54) is 21.8 Å². The van der Waals surface area contributed by atoms with E-state index in [4.69, 9.17) is 0 Å². The SMILES string of the molecule is CCc1cc(C(=O)N2CCCC2(C)C(=O)O)sc1C. The first-order valence-electron chi connectivity index (χ1n) is 6.55. The fraction of sp³-hybridized carbons (Fsp3) is 0.571. The Hall–Kier alpha value is -1.36. The molecular formula is C14H19NO3S. The minimum Gasteiger partial charge on any atom is -0.480 e. The molecule has 1 fully saturated rings. The molecule has 1 N–H and O–H groups in total. The number of amides is 1. The zero-order chi connectivity index (χ0) is 14.2. The molecule has 104 valence electrons. The molecule has 1 aromatic rings. The van der Waals surface area contributed by atoms with Crippen LogP contribution in [0.15, 0.2) is 6.07 Å². The van der Waals surface area contributed by atoms with Crippen LogP contribution < -0.4 is 0 Å². The van der Waals surface area contributed by atoms with Crippen molar-refractivity contribution in [3.8, 4) is 0 Å². The molecule has 1 aliphatic heterocycles. The number of hydrogen-bond donors (Lipinski definition) is 1. The van der Waals surface area contributed by atoms with Gasteiger partial charge in [0.2, 0.25) is 0 Å². The van der Waals surface area contributed by atoms with Crippen LogP contribution in [-0.2, 0) is 11.2 Å². The van der Waals surface area contributed by atoms with Gasteiger partial charge in [-0.3, -0.25) is 4.79 Å². The highest BCUT2D eigenvalue weighted by molar-refractivity contribution is 7.14. The van der Waals surface area contributed by atoms with Gasteiger partial charge in [0, 0.05) is 11.4 Å². The van der Waals surface area contributed by atoms with Crippen LogP contribution in [-0.4, -0.2) is 34.0 Å². The third-order valence-corrected chi connectivity index (χ3v) is 5.04. The van der Waals surface area contributed by atoms with Crippen LogP contribution in [0.1, 0.15) is 46.8 Å². The summed E-state index contributed by atoms with van der Waals surface area (Å²) in [4.78, 5) is 27.2. The van der Waals surface area contributed by atoms with Crippen molar-refractivity contribution in [3.05, 3.63) is 21.4 Å². The van der Waals surface area contributed by atoms with Gasteiger partial charge in [0.05, 0.1) is 4.88 Å². The predicted octanol–water partition coefficient (Wildman–Crippen LogP) is 2.70. The fourth-order valence-corrected chi connectivity index (χ4v) is 3.68. The molecule has 1 saturated heterocycles. The third-order valence-electron chi connectivity index (χ3n) is 3.96. The number of nitrogens with zero attached hydrogens (tertiary/aromatic N) is 1. The second-order valence-corrected chi connectivity index (χ2v) is 6.44. The standard InChI is InChI=1S/C14H19NO3S/c1-4-10-8-11(19-9(10)2)12(16)15-7-5-6-14(15,3)13(17)18/h8H,4-7H2,1-3H3,(H,17,18). The Kier molecular flexibility index (Phi) is 3.67. The van der Waals surface area contributed by atoms with Gasteiger partial charge >= 0.3 is 5.97 Å². The Morgan fingerprint density at radius 3 is 2.74 bits per heavy atom. The smallest absolute Gasteiger partial charge is 0.329 e. The van der Waals surface area contributed by atoms with Crippen LogP contribution in [0, 0.1) is 6.92 Å². The number of hydrogen-bond acceptors (Lipinski definition) is 3. The topological polar surface area (TPSA) is 57.6 Å². The number of carboxylic acids is 1. The second kappa shape index (κ2) is 4.96. The van der Waals surface area contributed by atoms with Crippen molar-refractivity contribution in [2.75, 3.05) is 6.54 Å².